The molecule has 1 aliphatic rings. The Morgan fingerprint density at radius 3 is 2.82 bits per heavy atom. The Bertz CT molecular complexity index is 468. The Morgan fingerprint density at radius 2 is 2.18 bits per heavy atom. The summed E-state index contributed by atoms with van der Waals surface area (Å²) in [6, 6.07) is 8.80. The van der Waals surface area contributed by atoms with Crippen LogP contribution in [0.5, 0.6) is 0 Å². The van der Waals surface area contributed by atoms with E-state index in [-0.39, 0.29) is 0 Å². The molecule has 1 aliphatic heterocycles. The molecule has 1 aromatic carbocycles. The topological polar surface area (TPSA) is 44.0 Å². The van der Waals surface area contributed by atoms with Gasteiger partial charge in [0.05, 0.1) is 17.1 Å². The SMILES string of the molecule is CCCN(c1nc2ccccc2[nH]1)C1CNC1. The van der Waals surface area contributed by atoms with Gasteiger partial charge in [-0.2, -0.15) is 0 Å². The summed E-state index contributed by atoms with van der Waals surface area (Å²) in [7, 11) is 0. The predicted octanol–water partition coefficient (Wildman–Crippen LogP) is 1.75. The van der Waals surface area contributed by atoms with Crippen molar-refractivity contribution in [3.63, 3.8) is 0 Å². The van der Waals surface area contributed by atoms with E-state index in [2.05, 4.69) is 39.2 Å². The van der Waals surface area contributed by atoms with Gasteiger partial charge in [-0.05, 0) is 18.6 Å². The van der Waals surface area contributed by atoms with Crippen LogP contribution in [0.4, 0.5) is 5.95 Å². The summed E-state index contributed by atoms with van der Waals surface area (Å²) in [4.78, 5) is 10.5. The fourth-order valence-electron chi connectivity index (χ4n) is 2.27. The summed E-state index contributed by atoms with van der Waals surface area (Å²) < 4.78 is 0. The molecule has 0 amide bonds. The maximum atomic E-state index is 4.68. The number of nitrogens with one attached hydrogen (secondary N) is 2. The van der Waals surface area contributed by atoms with E-state index in [1.165, 1.54) is 0 Å². The quantitative estimate of drug-likeness (QED) is 0.841. The smallest absolute Gasteiger partial charge is 0.204 e. The van der Waals surface area contributed by atoms with Gasteiger partial charge in [0, 0.05) is 19.6 Å². The summed E-state index contributed by atoms with van der Waals surface area (Å²) in [5.41, 5.74) is 2.17. The Balaban J connectivity index is 1.93. The van der Waals surface area contributed by atoms with Crippen LogP contribution in [0.1, 0.15) is 13.3 Å². The van der Waals surface area contributed by atoms with Gasteiger partial charge in [-0.15, -0.1) is 0 Å². The number of para-hydroxylation sites is 2. The first-order chi connectivity index (χ1) is 8.38. The van der Waals surface area contributed by atoms with Crippen molar-refractivity contribution in [3.8, 4) is 0 Å². The Hall–Kier alpha value is -1.55. The second-order valence-electron chi connectivity index (χ2n) is 4.58. The number of imidazole rings is 1. The minimum absolute atomic E-state index is 0.593. The van der Waals surface area contributed by atoms with E-state index >= 15 is 0 Å². The summed E-state index contributed by atoms with van der Waals surface area (Å²) in [6.45, 7) is 5.40. The van der Waals surface area contributed by atoms with E-state index in [1.54, 1.807) is 0 Å². The Morgan fingerprint density at radius 1 is 1.35 bits per heavy atom. The van der Waals surface area contributed by atoms with Crippen molar-refractivity contribution in [1.82, 2.24) is 15.3 Å². The zero-order valence-electron chi connectivity index (χ0n) is 10.1. The highest BCUT2D eigenvalue weighted by molar-refractivity contribution is 5.77. The molecule has 0 bridgehead atoms. The summed E-state index contributed by atoms with van der Waals surface area (Å²) >= 11 is 0. The lowest BCUT2D eigenvalue weighted by Gasteiger charge is -2.38. The zero-order chi connectivity index (χ0) is 11.7. The van der Waals surface area contributed by atoms with E-state index < -0.39 is 0 Å². The molecule has 3 rings (SSSR count). The fraction of sp³-hybridized carbons (Fsp3) is 0.462. The average molecular weight is 230 g/mol. The molecule has 1 aromatic heterocycles. The molecule has 2 heterocycles. The monoisotopic (exact) mass is 230 g/mol. The number of hydrogen-bond acceptors (Lipinski definition) is 3. The molecule has 17 heavy (non-hydrogen) atoms. The third-order valence-corrected chi connectivity index (χ3v) is 3.31. The van der Waals surface area contributed by atoms with Gasteiger partial charge < -0.3 is 15.2 Å². The molecule has 1 fully saturated rings. The van der Waals surface area contributed by atoms with Crippen LogP contribution in [0.3, 0.4) is 0 Å². The van der Waals surface area contributed by atoms with Crippen LogP contribution in [-0.4, -0.2) is 35.6 Å². The number of fused-ring (bicyclic) bond motifs is 1. The lowest BCUT2D eigenvalue weighted by molar-refractivity contribution is 0.409. The third kappa shape index (κ3) is 1.89. The third-order valence-electron chi connectivity index (χ3n) is 3.31. The average Bonchev–Trinajstić information content (AvgIpc) is 2.69. The van der Waals surface area contributed by atoms with E-state index in [1.807, 2.05) is 12.1 Å². The molecule has 0 atom stereocenters. The molecule has 1 saturated heterocycles. The van der Waals surface area contributed by atoms with Crippen LogP contribution in [0.2, 0.25) is 0 Å². The molecule has 0 aliphatic carbocycles. The molecule has 90 valence electrons. The molecule has 0 unspecified atom stereocenters. The zero-order valence-corrected chi connectivity index (χ0v) is 10.1. The molecular weight excluding hydrogens is 212 g/mol. The summed E-state index contributed by atoms with van der Waals surface area (Å²) in [6.07, 6.45) is 1.15. The van der Waals surface area contributed by atoms with E-state index in [0.29, 0.717) is 6.04 Å². The Kier molecular flexibility index (Phi) is 2.73. The van der Waals surface area contributed by atoms with Crippen LogP contribution in [-0.2, 0) is 0 Å². The number of aromatic nitrogens is 2. The molecule has 2 aromatic rings. The summed E-state index contributed by atoms with van der Waals surface area (Å²) in [5.74, 6) is 1.01. The van der Waals surface area contributed by atoms with Crippen molar-refractivity contribution >= 4 is 17.0 Å². The molecule has 0 spiro atoms. The Labute approximate surface area is 101 Å². The van der Waals surface area contributed by atoms with Gasteiger partial charge in [-0.25, -0.2) is 4.98 Å². The first kappa shape index (κ1) is 10.6. The van der Waals surface area contributed by atoms with Crippen LogP contribution in [0.15, 0.2) is 24.3 Å². The molecule has 0 radical (unpaired) electrons. The van der Waals surface area contributed by atoms with Crippen LogP contribution in [0.25, 0.3) is 11.0 Å². The molecule has 4 heteroatoms. The first-order valence-corrected chi connectivity index (χ1v) is 6.30. The van der Waals surface area contributed by atoms with Gasteiger partial charge in [0.25, 0.3) is 0 Å². The van der Waals surface area contributed by atoms with E-state index in [4.69, 9.17) is 0 Å². The van der Waals surface area contributed by atoms with Crippen molar-refractivity contribution in [2.24, 2.45) is 0 Å². The molecular formula is C13H18N4. The van der Waals surface area contributed by atoms with Crippen molar-refractivity contribution in [2.45, 2.75) is 19.4 Å². The largest absolute Gasteiger partial charge is 0.337 e. The van der Waals surface area contributed by atoms with Crippen molar-refractivity contribution in [2.75, 3.05) is 24.5 Å². The van der Waals surface area contributed by atoms with Gasteiger partial charge in [0.15, 0.2) is 0 Å². The number of H-pyrrole nitrogens is 1. The fourth-order valence-corrected chi connectivity index (χ4v) is 2.27. The second-order valence-corrected chi connectivity index (χ2v) is 4.58. The minimum Gasteiger partial charge on any atom is -0.337 e. The van der Waals surface area contributed by atoms with E-state index in [9.17, 15) is 0 Å². The number of hydrogen-bond donors (Lipinski definition) is 2. The number of anilines is 1. The highest BCUT2D eigenvalue weighted by Crippen LogP contribution is 2.20. The van der Waals surface area contributed by atoms with Crippen LogP contribution >= 0.6 is 0 Å². The van der Waals surface area contributed by atoms with Crippen LogP contribution < -0.4 is 10.2 Å². The molecule has 0 saturated carbocycles. The van der Waals surface area contributed by atoms with Crippen molar-refractivity contribution in [3.05, 3.63) is 24.3 Å². The highest BCUT2D eigenvalue weighted by atomic mass is 15.3. The maximum absolute atomic E-state index is 4.68. The lowest BCUT2D eigenvalue weighted by atomic mass is 10.1. The summed E-state index contributed by atoms with van der Waals surface area (Å²) in [5, 5.41) is 3.32. The first-order valence-electron chi connectivity index (χ1n) is 6.30. The number of rotatable bonds is 4. The van der Waals surface area contributed by atoms with Gasteiger partial charge >= 0.3 is 0 Å². The number of aromatic amines is 1. The van der Waals surface area contributed by atoms with Gasteiger partial charge in [-0.3, -0.25) is 0 Å². The highest BCUT2D eigenvalue weighted by Gasteiger charge is 2.26. The van der Waals surface area contributed by atoms with Crippen LogP contribution in [0, 0.1) is 0 Å². The predicted molar refractivity (Wildman–Crippen MR) is 70.4 cm³/mol. The van der Waals surface area contributed by atoms with Gasteiger partial charge in [-0.1, -0.05) is 19.1 Å². The van der Waals surface area contributed by atoms with Crippen molar-refractivity contribution in [1.29, 1.82) is 0 Å². The lowest BCUT2D eigenvalue weighted by Crippen LogP contribution is -2.57. The standard InChI is InChI=1S/C13H18N4/c1-2-7-17(10-8-14-9-10)13-15-11-5-3-4-6-12(11)16-13/h3-6,10,14H,2,7-9H2,1H3,(H,15,16). The molecule has 4 nitrogen and oxygen atoms in total. The number of benzene rings is 1. The minimum atomic E-state index is 0.593. The van der Waals surface area contributed by atoms with Gasteiger partial charge in [0.1, 0.15) is 0 Å². The van der Waals surface area contributed by atoms with E-state index in [0.717, 1.165) is 43.0 Å². The second kappa shape index (κ2) is 4.37. The number of nitrogens with zero attached hydrogens (tertiary/aromatic N) is 2. The normalized spacial score (nSPS) is 16.1. The molecule has 2 N–H and O–H groups in total. The van der Waals surface area contributed by atoms with Crippen molar-refractivity contribution < 1.29 is 0 Å². The van der Waals surface area contributed by atoms with Gasteiger partial charge in [0.2, 0.25) is 5.95 Å². The maximum Gasteiger partial charge on any atom is 0.204 e.